The number of rotatable bonds is 7. The van der Waals surface area contributed by atoms with Gasteiger partial charge in [-0.15, -0.1) is 11.3 Å². The summed E-state index contributed by atoms with van der Waals surface area (Å²) in [7, 11) is 1.70. The molecular formula is C17H24N2OS. The highest BCUT2D eigenvalue weighted by Gasteiger charge is 2.14. The van der Waals surface area contributed by atoms with Crippen LogP contribution < -0.4 is 10.1 Å². The molecule has 1 heterocycles. The first-order valence-corrected chi connectivity index (χ1v) is 8.20. The average Bonchev–Trinajstić information content (AvgIpc) is 2.92. The Morgan fingerprint density at radius 1 is 1.24 bits per heavy atom. The van der Waals surface area contributed by atoms with Crippen LogP contribution in [-0.4, -0.2) is 24.7 Å². The van der Waals surface area contributed by atoms with Gasteiger partial charge in [-0.25, -0.2) is 4.98 Å². The molecule has 0 saturated heterocycles. The maximum Gasteiger partial charge on any atom is 0.118 e. The van der Waals surface area contributed by atoms with Crippen LogP contribution in [0.5, 0.6) is 5.75 Å². The maximum atomic E-state index is 5.20. The molecule has 1 aromatic carbocycles. The molecule has 0 saturated carbocycles. The molecule has 0 aliphatic rings. The van der Waals surface area contributed by atoms with Crippen molar-refractivity contribution in [3.8, 4) is 5.75 Å². The van der Waals surface area contributed by atoms with Gasteiger partial charge in [0.25, 0.3) is 0 Å². The van der Waals surface area contributed by atoms with E-state index in [1.807, 2.05) is 18.3 Å². The SMILES string of the molecule is COc1ccc([C@@H](C)[C@@H](C)NCCc2ncc(C)s2)cc1. The fraction of sp³-hybridized carbons (Fsp3) is 0.471. The number of nitrogens with zero attached hydrogens (tertiary/aromatic N) is 1. The predicted molar refractivity (Wildman–Crippen MR) is 89.4 cm³/mol. The summed E-state index contributed by atoms with van der Waals surface area (Å²) in [5, 5.41) is 4.81. The van der Waals surface area contributed by atoms with Gasteiger partial charge in [0.2, 0.25) is 0 Å². The molecule has 0 unspecified atom stereocenters. The topological polar surface area (TPSA) is 34.1 Å². The molecule has 0 aliphatic heterocycles. The van der Waals surface area contributed by atoms with Gasteiger partial charge in [-0.3, -0.25) is 0 Å². The first-order chi connectivity index (χ1) is 10.1. The van der Waals surface area contributed by atoms with E-state index in [0.717, 1.165) is 18.7 Å². The standard InChI is InChI=1S/C17H24N2OS/c1-12-11-19-17(21-12)9-10-18-14(3)13(2)15-5-7-16(20-4)8-6-15/h5-8,11,13-14,18H,9-10H2,1-4H3/t13-,14+/m0/s1. The van der Waals surface area contributed by atoms with Gasteiger partial charge in [0.1, 0.15) is 5.75 Å². The Bertz CT molecular complexity index is 550. The lowest BCUT2D eigenvalue weighted by molar-refractivity contribution is 0.414. The summed E-state index contributed by atoms with van der Waals surface area (Å²) in [6, 6.07) is 8.77. The molecule has 0 bridgehead atoms. The van der Waals surface area contributed by atoms with Crippen LogP contribution in [0, 0.1) is 6.92 Å². The van der Waals surface area contributed by atoms with Crippen LogP contribution in [-0.2, 0) is 6.42 Å². The smallest absolute Gasteiger partial charge is 0.118 e. The van der Waals surface area contributed by atoms with Gasteiger partial charge < -0.3 is 10.1 Å². The van der Waals surface area contributed by atoms with E-state index in [4.69, 9.17) is 4.74 Å². The Morgan fingerprint density at radius 2 is 1.95 bits per heavy atom. The summed E-state index contributed by atoms with van der Waals surface area (Å²) in [4.78, 5) is 5.68. The molecule has 114 valence electrons. The molecule has 0 aliphatic carbocycles. The first-order valence-electron chi connectivity index (χ1n) is 7.38. The summed E-state index contributed by atoms with van der Waals surface area (Å²) in [5.74, 6) is 1.37. The number of ether oxygens (including phenoxy) is 1. The summed E-state index contributed by atoms with van der Waals surface area (Å²) >= 11 is 1.78. The molecule has 2 aromatic rings. The monoisotopic (exact) mass is 304 g/mol. The van der Waals surface area contributed by atoms with Gasteiger partial charge in [-0.1, -0.05) is 19.1 Å². The largest absolute Gasteiger partial charge is 0.497 e. The minimum absolute atomic E-state index is 0.430. The number of nitrogens with one attached hydrogen (secondary N) is 1. The first kappa shape index (κ1) is 16.0. The minimum atomic E-state index is 0.430. The number of hydrogen-bond acceptors (Lipinski definition) is 4. The third kappa shape index (κ3) is 4.55. The lowest BCUT2D eigenvalue weighted by Crippen LogP contribution is -2.32. The normalized spacial score (nSPS) is 13.9. The van der Waals surface area contributed by atoms with Crippen molar-refractivity contribution >= 4 is 11.3 Å². The number of aromatic nitrogens is 1. The van der Waals surface area contributed by atoms with E-state index in [2.05, 4.69) is 43.2 Å². The molecular weight excluding hydrogens is 280 g/mol. The van der Waals surface area contributed by atoms with Crippen LogP contribution in [0.1, 0.15) is 35.2 Å². The third-order valence-electron chi connectivity index (χ3n) is 3.87. The molecule has 2 atom stereocenters. The van der Waals surface area contributed by atoms with Crippen LogP contribution in [0.25, 0.3) is 0 Å². The molecule has 0 radical (unpaired) electrons. The zero-order valence-electron chi connectivity index (χ0n) is 13.2. The Hall–Kier alpha value is -1.39. The van der Waals surface area contributed by atoms with Crippen molar-refractivity contribution in [2.45, 2.75) is 39.2 Å². The van der Waals surface area contributed by atoms with Gasteiger partial charge in [-0.05, 0) is 37.5 Å². The third-order valence-corrected chi connectivity index (χ3v) is 4.84. The van der Waals surface area contributed by atoms with Crippen molar-refractivity contribution in [2.75, 3.05) is 13.7 Å². The average molecular weight is 304 g/mol. The second-order valence-corrected chi connectivity index (χ2v) is 6.74. The number of methoxy groups -OCH3 is 1. The zero-order valence-corrected chi connectivity index (χ0v) is 14.0. The molecule has 3 nitrogen and oxygen atoms in total. The van der Waals surface area contributed by atoms with Crippen molar-refractivity contribution in [1.29, 1.82) is 0 Å². The lowest BCUT2D eigenvalue weighted by Gasteiger charge is -2.22. The molecule has 1 N–H and O–H groups in total. The second kappa shape index (κ2) is 7.57. The van der Waals surface area contributed by atoms with Crippen LogP contribution in [0.3, 0.4) is 0 Å². The molecule has 21 heavy (non-hydrogen) atoms. The summed E-state index contributed by atoms with van der Waals surface area (Å²) in [5.41, 5.74) is 1.33. The summed E-state index contributed by atoms with van der Waals surface area (Å²) < 4.78 is 5.20. The lowest BCUT2D eigenvalue weighted by atomic mass is 9.94. The maximum absolute atomic E-state index is 5.20. The predicted octanol–water partition coefficient (Wildman–Crippen LogP) is 3.78. The Kier molecular flexibility index (Phi) is 5.76. The number of benzene rings is 1. The van der Waals surface area contributed by atoms with Crippen LogP contribution in [0.4, 0.5) is 0 Å². The minimum Gasteiger partial charge on any atom is -0.497 e. The molecule has 1 aromatic heterocycles. The van der Waals surface area contributed by atoms with Gasteiger partial charge in [-0.2, -0.15) is 0 Å². The number of thiazole rings is 1. The van der Waals surface area contributed by atoms with E-state index < -0.39 is 0 Å². The van der Waals surface area contributed by atoms with Gasteiger partial charge in [0.15, 0.2) is 0 Å². The molecule has 0 fully saturated rings. The highest BCUT2D eigenvalue weighted by molar-refractivity contribution is 7.11. The molecule has 0 amide bonds. The van der Waals surface area contributed by atoms with Crippen molar-refractivity contribution in [3.05, 3.63) is 45.9 Å². The summed E-state index contributed by atoms with van der Waals surface area (Å²) in [6.45, 7) is 7.56. The Balaban J connectivity index is 1.82. The van der Waals surface area contributed by atoms with E-state index >= 15 is 0 Å². The van der Waals surface area contributed by atoms with Gasteiger partial charge >= 0.3 is 0 Å². The Morgan fingerprint density at radius 3 is 2.52 bits per heavy atom. The highest BCUT2D eigenvalue weighted by Crippen LogP contribution is 2.22. The van der Waals surface area contributed by atoms with E-state index in [0.29, 0.717) is 12.0 Å². The van der Waals surface area contributed by atoms with Crippen molar-refractivity contribution in [1.82, 2.24) is 10.3 Å². The second-order valence-electron chi connectivity index (χ2n) is 5.42. The van der Waals surface area contributed by atoms with Crippen LogP contribution >= 0.6 is 11.3 Å². The van der Waals surface area contributed by atoms with Crippen molar-refractivity contribution < 1.29 is 4.74 Å². The molecule has 0 spiro atoms. The van der Waals surface area contributed by atoms with Crippen molar-refractivity contribution in [3.63, 3.8) is 0 Å². The molecule has 4 heteroatoms. The van der Waals surface area contributed by atoms with Crippen molar-refractivity contribution in [2.24, 2.45) is 0 Å². The number of aryl methyl sites for hydroxylation is 1. The van der Waals surface area contributed by atoms with Gasteiger partial charge in [0.05, 0.1) is 12.1 Å². The fourth-order valence-corrected chi connectivity index (χ4v) is 3.08. The Labute approximate surface area is 131 Å². The fourth-order valence-electron chi connectivity index (χ4n) is 2.30. The summed E-state index contributed by atoms with van der Waals surface area (Å²) in [6.07, 6.45) is 2.95. The van der Waals surface area contributed by atoms with Crippen LogP contribution in [0.15, 0.2) is 30.5 Å². The van der Waals surface area contributed by atoms with E-state index in [1.165, 1.54) is 15.4 Å². The van der Waals surface area contributed by atoms with E-state index in [-0.39, 0.29) is 0 Å². The van der Waals surface area contributed by atoms with E-state index in [1.54, 1.807) is 18.4 Å². The number of hydrogen-bond donors (Lipinski definition) is 1. The zero-order chi connectivity index (χ0) is 15.2. The quantitative estimate of drug-likeness (QED) is 0.845. The molecule has 2 rings (SSSR count). The van der Waals surface area contributed by atoms with E-state index in [9.17, 15) is 0 Å². The highest BCUT2D eigenvalue weighted by atomic mass is 32.1. The van der Waals surface area contributed by atoms with Gasteiger partial charge in [0, 0.05) is 30.1 Å². The van der Waals surface area contributed by atoms with Crippen LogP contribution in [0.2, 0.25) is 0 Å².